The predicted octanol–water partition coefficient (Wildman–Crippen LogP) is 4.28. The second-order valence-electron chi connectivity index (χ2n) is 7.09. The molecule has 3 aromatic rings. The van der Waals surface area contributed by atoms with Crippen molar-refractivity contribution in [2.75, 3.05) is 6.61 Å². The number of carbonyl (C=O) groups excluding carboxylic acids is 1. The number of carbonyl (C=O) groups is 1. The van der Waals surface area contributed by atoms with Crippen LogP contribution >= 0.6 is 0 Å². The van der Waals surface area contributed by atoms with E-state index in [0.29, 0.717) is 12.5 Å². The first-order valence-electron chi connectivity index (χ1n) is 9.78. The van der Waals surface area contributed by atoms with E-state index in [1.54, 1.807) is 6.92 Å². The average Bonchev–Trinajstić information content (AvgIpc) is 3.45. The summed E-state index contributed by atoms with van der Waals surface area (Å²) in [6.07, 6.45) is 11.1. The molecular weight excluding hydrogens is 352 g/mol. The fraction of sp³-hybridized carbons (Fsp3) is 0.364. The van der Waals surface area contributed by atoms with Gasteiger partial charge < -0.3 is 4.74 Å². The second kappa shape index (κ2) is 7.54. The van der Waals surface area contributed by atoms with Gasteiger partial charge in [-0.2, -0.15) is 5.10 Å². The summed E-state index contributed by atoms with van der Waals surface area (Å²) in [4.78, 5) is 21.3. The molecule has 4 rings (SSSR count). The first-order chi connectivity index (χ1) is 13.6. The number of nitrogens with zero attached hydrogens (tertiary/aromatic N) is 4. The summed E-state index contributed by atoms with van der Waals surface area (Å²) in [5.74, 6) is 0.0740. The van der Waals surface area contributed by atoms with Crippen LogP contribution in [0.3, 0.4) is 0 Å². The lowest BCUT2D eigenvalue weighted by molar-refractivity contribution is -0.137. The molecule has 0 atom stereocenters. The molecule has 0 aliphatic heterocycles. The van der Waals surface area contributed by atoms with Crippen molar-refractivity contribution in [1.82, 2.24) is 19.7 Å². The van der Waals surface area contributed by atoms with Crippen LogP contribution < -0.4 is 0 Å². The third-order valence-corrected chi connectivity index (χ3v) is 4.95. The zero-order valence-corrected chi connectivity index (χ0v) is 16.5. The van der Waals surface area contributed by atoms with Gasteiger partial charge in [0.15, 0.2) is 5.65 Å². The molecule has 0 aromatic carbocycles. The Kier molecular flexibility index (Phi) is 4.94. The SMILES string of the molecule is CCOC(=O)/C=C/c1c(C2CC2)nc2c(cnn2CC)c1-c1cncc(C)c1. The molecule has 0 saturated heterocycles. The van der Waals surface area contributed by atoms with Crippen LogP contribution in [0.4, 0.5) is 0 Å². The van der Waals surface area contributed by atoms with E-state index in [0.717, 1.165) is 58.4 Å². The van der Waals surface area contributed by atoms with Crippen molar-refractivity contribution >= 4 is 23.1 Å². The summed E-state index contributed by atoms with van der Waals surface area (Å²) in [5.41, 5.74) is 6.00. The number of hydrogen-bond donors (Lipinski definition) is 0. The topological polar surface area (TPSA) is 69.9 Å². The lowest BCUT2D eigenvalue weighted by Crippen LogP contribution is -2.03. The zero-order valence-electron chi connectivity index (χ0n) is 16.5. The van der Waals surface area contributed by atoms with Gasteiger partial charge in [0.05, 0.1) is 18.5 Å². The maximum atomic E-state index is 12.0. The van der Waals surface area contributed by atoms with Gasteiger partial charge in [0.1, 0.15) is 0 Å². The number of aromatic nitrogens is 4. The minimum Gasteiger partial charge on any atom is -0.463 e. The van der Waals surface area contributed by atoms with E-state index in [1.165, 1.54) is 6.08 Å². The fourth-order valence-corrected chi connectivity index (χ4v) is 3.53. The monoisotopic (exact) mass is 376 g/mol. The van der Waals surface area contributed by atoms with Gasteiger partial charge in [-0.1, -0.05) is 0 Å². The minimum atomic E-state index is -0.345. The highest BCUT2D eigenvalue weighted by Crippen LogP contribution is 2.45. The summed E-state index contributed by atoms with van der Waals surface area (Å²) in [7, 11) is 0. The molecule has 28 heavy (non-hydrogen) atoms. The Labute approximate surface area is 164 Å². The largest absolute Gasteiger partial charge is 0.463 e. The molecule has 3 aromatic heterocycles. The van der Waals surface area contributed by atoms with Crippen LogP contribution in [-0.2, 0) is 16.1 Å². The lowest BCUT2D eigenvalue weighted by Gasteiger charge is -2.14. The smallest absolute Gasteiger partial charge is 0.330 e. The number of esters is 1. The normalized spacial score (nSPS) is 14.1. The molecule has 0 bridgehead atoms. The summed E-state index contributed by atoms with van der Waals surface area (Å²) in [6.45, 7) is 7.00. The second-order valence-corrected chi connectivity index (χ2v) is 7.09. The van der Waals surface area contributed by atoms with Crippen molar-refractivity contribution in [3.63, 3.8) is 0 Å². The first kappa shape index (κ1) is 18.3. The molecule has 3 heterocycles. The number of pyridine rings is 2. The third kappa shape index (κ3) is 3.42. The summed E-state index contributed by atoms with van der Waals surface area (Å²) in [6, 6.07) is 2.11. The Balaban J connectivity index is 2.00. The molecule has 0 N–H and O–H groups in total. The lowest BCUT2D eigenvalue weighted by atomic mass is 9.94. The Bertz CT molecular complexity index is 1060. The molecule has 0 amide bonds. The Hall–Kier alpha value is -3.02. The summed E-state index contributed by atoms with van der Waals surface area (Å²) < 4.78 is 7.00. The molecule has 6 nitrogen and oxygen atoms in total. The van der Waals surface area contributed by atoms with Crippen LogP contribution in [0.2, 0.25) is 0 Å². The molecule has 0 radical (unpaired) electrons. The van der Waals surface area contributed by atoms with Gasteiger partial charge in [0.2, 0.25) is 0 Å². The average molecular weight is 376 g/mol. The Morgan fingerprint density at radius 1 is 1.29 bits per heavy atom. The minimum absolute atomic E-state index is 0.345. The number of ether oxygens (including phenoxy) is 1. The summed E-state index contributed by atoms with van der Waals surface area (Å²) in [5, 5.41) is 5.50. The van der Waals surface area contributed by atoms with Gasteiger partial charge in [-0.3, -0.25) is 4.98 Å². The quantitative estimate of drug-likeness (QED) is 0.474. The molecule has 1 saturated carbocycles. The highest BCUT2D eigenvalue weighted by atomic mass is 16.5. The van der Waals surface area contributed by atoms with E-state index in [4.69, 9.17) is 9.72 Å². The molecule has 0 spiro atoms. The first-order valence-corrected chi connectivity index (χ1v) is 9.78. The van der Waals surface area contributed by atoms with Crippen molar-refractivity contribution in [1.29, 1.82) is 0 Å². The molecule has 0 unspecified atom stereocenters. The van der Waals surface area contributed by atoms with Crippen molar-refractivity contribution in [3.05, 3.63) is 47.6 Å². The van der Waals surface area contributed by atoms with Crippen LogP contribution in [0.25, 0.3) is 28.2 Å². The molecule has 1 aliphatic carbocycles. The number of rotatable bonds is 6. The molecule has 6 heteroatoms. The number of fused-ring (bicyclic) bond motifs is 1. The fourth-order valence-electron chi connectivity index (χ4n) is 3.53. The third-order valence-electron chi connectivity index (χ3n) is 4.95. The van der Waals surface area contributed by atoms with Crippen molar-refractivity contribution in [2.24, 2.45) is 0 Å². The van der Waals surface area contributed by atoms with Gasteiger partial charge in [-0.25, -0.2) is 14.5 Å². The molecule has 1 aliphatic rings. The van der Waals surface area contributed by atoms with Gasteiger partial charge in [-0.15, -0.1) is 0 Å². The van der Waals surface area contributed by atoms with Crippen molar-refractivity contribution in [3.8, 4) is 11.1 Å². The van der Waals surface area contributed by atoms with Gasteiger partial charge in [-0.05, 0) is 51.3 Å². The van der Waals surface area contributed by atoms with E-state index in [2.05, 4.69) is 23.1 Å². The maximum absolute atomic E-state index is 12.0. The number of hydrogen-bond acceptors (Lipinski definition) is 5. The van der Waals surface area contributed by atoms with E-state index in [1.807, 2.05) is 36.3 Å². The van der Waals surface area contributed by atoms with E-state index < -0.39 is 0 Å². The molecular formula is C22H24N4O2. The molecule has 1 fully saturated rings. The Morgan fingerprint density at radius 2 is 2.11 bits per heavy atom. The zero-order chi connectivity index (χ0) is 19.7. The van der Waals surface area contributed by atoms with Crippen LogP contribution in [0.15, 0.2) is 30.7 Å². The van der Waals surface area contributed by atoms with Gasteiger partial charge in [0.25, 0.3) is 0 Å². The van der Waals surface area contributed by atoms with E-state index in [9.17, 15) is 4.79 Å². The highest BCUT2D eigenvalue weighted by molar-refractivity contribution is 5.99. The Morgan fingerprint density at radius 3 is 2.79 bits per heavy atom. The highest BCUT2D eigenvalue weighted by Gasteiger charge is 2.30. The van der Waals surface area contributed by atoms with Crippen molar-refractivity contribution in [2.45, 2.75) is 46.1 Å². The molecule has 144 valence electrons. The van der Waals surface area contributed by atoms with Gasteiger partial charge in [0, 0.05) is 53.0 Å². The summed E-state index contributed by atoms with van der Waals surface area (Å²) >= 11 is 0. The van der Waals surface area contributed by atoms with Crippen LogP contribution in [-0.4, -0.2) is 32.3 Å². The predicted molar refractivity (Wildman–Crippen MR) is 109 cm³/mol. The van der Waals surface area contributed by atoms with Crippen LogP contribution in [0.5, 0.6) is 0 Å². The van der Waals surface area contributed by atoms with Gasteiger partial charge >= 0.3 is 5.97 Å². The van der Waals surface area contributed by atoms with E-state index >= 15 is 0 Å². The maximum Gasteiger partial charge on any atom is 0.330 e. The number of aryl methyl sites for hydroxylation is 2. The van der Waals surface area contributed by atoms with Crippen LogP contribution in [0, 0.1) is 6.92 Å². The standard InChI is InChI=1S/C22H24N4O2/c1-4-26-22-18(13-24-26)20(16-10-14(3)11-23-12-16)17(8-9-19(27)28-5-2)21(25-22)15-6-7-15/h8-13,15H,4-7H2,1-3H3/b9-8+. The van der Waals surface area contributed by atoms with E-state index in [-0.39, 0.29) is 5.97 Å². The van der Waals surface area contributed by atoms with Crippen LogP contribution in [0.1, 0.15) is 49.4 Å². The van der Waals surface area contributed by atoms with Crippen molar-refractivity contribution < 1.29 is 9.53 Å².